The number of ether oxygens (including phenoxy) is 3. The van der Waals surface area contributed by atoms with Crippen molar-refractivity contribution in [1.29, 1.82) is 0 Å². The summed E-state index contributed by atoms with van der Waals surface area (Å²) in [6.07, 6.45) is 4.15. The fraction of sp³-hybridized carbons (Fsp3) is 0.481. The van der Waals surface area contributed by atoms with Gasteiger partial charge in [0.2, 0.25) is 10.0 Å². The Morgan fingerprint density at radius 2 is 1.84 bits per heavy atom. The monoisotopic (exact) mass is 545 g/mol. The number of carbonyl (C=O) groups is 2. The Morgan fingerprint density at radius 3 is 2.58 bits per heavy atom. The van der Waals surface area contributed by atoms with E-state index in [9.17, 15) is 18.0 Å². The first-order valence-corrected chi connectivity index (χ1v) is 14.3. The molecule has 0 saturated carbocycles. The molecule has 2 amide bonds. The number of nitrogens with two attached hydrogens (primary N) is 1. The van der Waals surface area contributed by atoms with Crippen molar-refractivity contribution in [2.24, 2.45) is 10.6 Å². The molecule has 2 aliphatic rings. The van der Waals surface area contributed by atoms with Crippen molar-refractivity contribution in [3.05, 3.63) is 53.6 Å². The van der Waals surface area contributed by atoms with Crippen LogP contribution in [0.1, 0.15) is 52.8 Å². The van der Waals surface area contributed by atoms with E-state index in [-0.39, 0.29) is 27.7 Å². The van der Waals surface area contributed by atoms with E-state index in [2.05, 4.69) is 5.32 Å². The molecule has 0 aliphatic carbocycles. The van der Waals surface area contributed by atoms with Gasteiger partial charge in [-0.1, -0.05) is 18.6 Å². The minimum absolute atomic E-state index is 0.139. The van der Waals surface area contributed by atoms with Gasteiger partial charge in [-0.2, -0.15) is 0 Å². The van der Waals surface area contributed by atoms with Crippen LogP contribution in [0.5, 0.6) is 11.5 Å². The van der Waals surface area contributed by atoms with Crippen LogP contribution in [0.15, 0.2) is 47.4 Å². The second kappa shape index (κ2) is 12.1. The van der Waals surface area contributed by atoms with Crippen molar-refractivity contribution in [2.75, 3.05) is 46.6 Å². The van der Waals surface area contributed by atoms with E-state index in [4.69, 9.17) is 19.3 Å². The van der Waals surface area contributed by atoms with Gasteiger partial charge in [-0.05, 0) is 56.0 Å². The Balaban J connectivity index is 1.52. The molecule has 2 heterocycles. The molecule has 2 aliphatic heterocycles. The summed E-state index contributed by atoms with van der Waals surface area (Å²) >= 11 is 0. The van der Waals surface area contributed by atoms with Crippen LogP contribution in [0.25, 0.3) is 0 Å². The number of nitrogens with one attached hydrogen (secondary N) is 1. The number of rotatable bonds is 3. The molecule has 2 aromatic rings. The molecule has 1 saturated heterocycles. The van der Waals surface area contributed by atoms with Crippen molar-refractivity contribution in [2.45, 2.75) is 37.0 Å². The average Bonchev–Trinajstić information content (AvgIpc) is 2.92. The number of fused-ring (bicyclic) bond motifs is 1. The average molecular weight is 546 g/mol. The number of amides is 2. The van der Waals surface area contributed by atoms with Gasteiger partial charge in [0.15, 0.2) is 0 Å². The van der Waals surface area contributed by atoms with Crippen molar-refractivity contribution in [3.63, 3.8) is 0 Å². The fourth-order valence-corrected chi connectivity index (χ4v) is 5.54. The molecule has 0 unspecified atom stereocenters. The first kappa shape index (κ1) is 27.9. The van der Waals surface area contributed by atoms with Gasteiger partial charge >= 0.3 is 0 Å². The maximum atomic E-state index is 13.4. The summed E-state index contributed by atoms with van der Waals surface area (Å²) in [5, 5.41) is 8.16. The van der Waals surface area contributed by atoms with Gasteiger partial charge in [0.1, 0.15) is 11.5 Å². The number of piperidine rings is 1. The third kappa shape index (κ3) is 6.64. The molecule has 10 nitrogen and oxygen atoms in total. The molecule has 0 bridgehead atoms. The van der Waals surface area contributed by atoms with Crippen LogP contribution in [0.3, 0.4) is 0 Å². The van der Waals surface area contributed by atoms with E-state index in [0.717, 1.165) is 19.3 Å². The number of hydrogen-bond acceptors (Lipinski definition) is 7. The first-order valence-electron chi connectivity index (χ1n) is 12.8. The van der Waals surface area contributed by atoms with Crippen molar-refractivity contribution >= 4 is 21.8 Å². The second-order valence-corrected chi connectivity index (χ2v) is 11.4. The standard InChI is InChI=1S/C27H35N3O7S/c1-35-23-9-8-20(38(28,33)34)18-22(23)26(32)30-14-11-27(12-15-30)10-4-5-16-36-17-13-29-25(31)21-6-2-3-7-24(21)37-19-27/h2-3,6-9,18H,4-5,10-17,19H2,1H3,(H,29,31)(H2,28,33,34). The molecule has 3 N–H and O–H groups in total. The second-order valence-electron chi connectivity index (χ2n) is 9.81. The summed E-state index contributed by atoms with van der Waals surface area (Å²) in [6, 6.07) is 11.2. The number of carbonyl (C=O) groups excluding carboxylic acids is 2. The van der Waals surface area contributed by atoms with Crippen molar-refractivity contribution in [1.82, 2.24) is 10.2 Å². The molecule has 0 atom stereocenters. The van der Waals surface area contributed by atoms with E-state index in [1.54, 1.807) is 23.1 Å². The fourth-order valence-electron chi connectivity index (χ4n) is 5.00. The quantitative estimate of drug-likeness (QED) is 0.605. The number of nitrogens with zero attached hydrogens (tertiary/aromatic N) is 1. The number of para-hydroxylation sites is 1. The smallest absolute Gasteiger partial charge is 0.257 e. The van der Waals surface area contributed by atoms with Crippen LogP contribution >= 0.6 is 0 Å². The lowest BCUT2D eigenvalue weighted by Crippen LogP contribution is -2.45. The van der Waals surface area contributed by atoms with Gasteiger partial charge in [-0.25, -0.2) is 13.6 Å². The topological polar surface area (TPSA) is 137 Å². The predicted octanol–water partition coefficient (Wildman–Crippen LogP) is 2.57. The summed E-state index contributed by atoms with van der Waals surface area (Å²) in [7, 11) is -2.54. The van der Waals surface area contributed by atoms with Crippen LogP contribution < -0.4 is 19.9 Å². The molecular formula is C27H35N3O7S. The Morgan fingerprint density at radius 1 is 1.08 bits per heavy atom. The molecule has 11 heteroatoms. The summed E-state index contributed by atoms with van der Waals surface area (Å²) in [6.45, 7) is 2.88. The largest absolute Gasteiger partial charge is 0.496 e. The zero-order chi connectivity index (χ0) is 27.2. The van der Waals surface area contributed by atoms with E-state index in [1.807, 2.05) is 6.07 Å². The van der Waals surface area contributed by atoms with Gasteiger partial charge in [-0.3, -0.25) is 9.59 Å². The van der Waals surface area contributed by atoms with Crippen LogP contribution in [0, 0.1) is 5.41 Å². The Labute approximate surface area is 223 Å². The number of sulfonamides is 1. The van der Waals surface area contributed by atoms with Gasteiger partial charge < -0.3 is 24.4 Å². The number of methoxy groups -OCH3 is 1. The SMILES string of the molecule is COc1ccc(S(N)(=O)=O)cc1C(=O)N1CCC2(CCCCOCCNC(=O)c3ccccc3OC2)CC1. The zero-order valence-corrected chi connectivity index (χ0v) is 22.4. The third-order valence-corrected chi connectivity index (χ3v) is 8.20. The molecule has 2 aromatic carbocycles. The molecule has 4 rings (SSSR count). The van der Waals surface area contributed by atoms with Gasteiger partial charge in [0, 0.05) is 31.7 Å². The summed E-state index contributed by atoms with van der Waals surface area (Å²) in [4.78, 5) is 27.7. The molecular weight excluding hydrogens is 510 g/mol. The molecule has 0 aromatic heterocycles. The van der Waals surface area contributed by atoms with Crippen molar-refractivity contribution < 1.29 is 32.2 Å². The van der Waals surface area contributed by atoms with E-state index < -0.39 is 10.0 Å². The predicted molar refractivity (Wildman–Crippen MR) is 141 cm³/mol. The van der Waals surface area contributed by atoms with Gasteiger partial charge in [0.25, 0.3) is 11.8 Å². The highest BCUT2D eigenvalue weighted by molar-refractivity contribution is 7.89. The van der Waals surface area contributed by atoms with E-state index in [1.165, 1.54) is 25.3 Å². The number of primary sulfonamides is 1. The minimum Gasteiger partial charge on any atom is -0.496 e. The summed E-state index contributed by atoms with van der Waals surface area (Å²) in [5.41, 5.74) is 0.459. The normalized spacial score (nSPS) is 19.0. The third-order valence-electron chi connectivity index (χ3n) is 7.28. The lowest BCUT2D eigenvalue weighted by Gasteiger charge is -2.42. The molecule has 38 heavy (non-hydrogen) atoms. The van der Waals surface area contributed by atoms with Crippen LogP contribution in [-0.4, -0.2) is 71.7 Å². The summed E-state index contributed by atoms with van der Waals surface area (Å²) < 4.78 is 41.0. The Kier molecular flexibility index (Phi) is 8.91. The Bertz CT molecular complexity index is 1260. The lowest BCUT2D eigenvalue weighted by molar-refractivity contribution is 0.0339. The molecule has 206 valence electrons. The Hall–Kier alpha value is -3.15. The maximum Gasteiger partial charge on any atom is 0.257 e. The highest BCUT2D eigenvalue weighted by atomic mass is 32.2. The number of hydrogen-bond donors (Lipinski definition) is 2. The van der Waals surface area contributed by atoms with E-state index >= 15 is 0 Å². The van der Waals surface area contributed by atoms with Gasteiger partial charge in [-0.15, -0.1) is 0 Å². The molecule has 1 fully saturated rings. The first-order chi connectivity index (χ1) is 18.2. The highest BCUT2D eigenvalue weighted by Gasteiger charge is 2.37. The van der Waals surface area contributed by atoms with E-state index in [0.29, 0.717) is 69.4 Å². The highest BCUT2D eigenvalue weighted by Crippen LogP contribution is 2.39. The van der Waals surface area contributed by atoms with Crippen molar-refractivity contribution in [3.8, 4) is 11.5 Å². The number of likely N-dealkylation sites (tertiary alicyclic amines) is 1. The molecule has 1 spiro atoms. The maximum absolute atomic E-state index is 13.4. The minimum atomic E-state index is -3.97. The van der Waals surface area contributed by atoms with Crippen LogP contribution in [0.4, 0.5) is 0 Å². The zero-order valence-electron chi connectivity index (χ0n) is 21.6. The molecule has 0 radical (unpaired) electrons. The van der Waals surface area contributed by atoms with Gasteiger partial charge in [0.05, 0.1) is 36.3 Å². The lowest BCUT2D eigenvalue weighted by atomic mass is 9.75. The number of benzene rings is 2. The summed E-state index contributed by atoms with van der Waals surface area (Å²) in [5.74, 6) is 0.315. The van der Waals surface area contributed by atoms with Crippen LogP contribution in [0.2, 0.25) is 0 Å². The van der Waals surface area contributed by atoms with Crippen LogP contribution in [-0.2, 0) is 14.8 Å².